The lowest BCUT2D eigenvalue weighted by Crippen LogP contribution is -2.03. The second-order valence-corrected chi connectivity index (χ2v) is 8.23. The molecule has 0 spiro atoms. The average molecular weight is 391 g/mol. The Balaban J connectivity index is 1.77. The summed E-state index contributed by atoms with van der Waals surface area (Å²) in [5.74, 6) is 1.49. The molecule has 0 heterocycles. The molecular weight excluding hydrogens is 364 g/mol. The summed E-state index contributed by atoms with van der Waals surface area (Å²) >= 11 is 1.78. The highest BCUT2D eigenvalue weighted by Crippen LogP contribution is 2.36. The fraction of sp³-hybridized carbons (Fsp3) is 0.333. The fourth-order valence-electron chi connectivity index (χ4n) is 3.54. The highest BCUT2D eigenvalue weighted by atomic mass is 32.2. The van der Waals surface area contributed by atoms with Crippen LogP contribution in [0.2, 0.25) is 0 Å². The first-order valence-electron chi connectivity index (χ1n) is 9.69. The molecule has 0 aromatic heterocycles. The summed E-state index contributed by atoms with van der Waals surface area (Å²) in [4.78, 5) is 5.21. The number of fused-ring (bicyclic) bond motifs is 1. The van der Waals surface area contributed by atoms with Crippen molar-refractivity contribution in [2.75, 3.05) is 5.75 Å². The van der Waals surface area contributed by atoms with Gasteiger partial charge in [0.05, 0.1) is 11.7 Å². The maximum atomic E-state index is 9.42. The predicted molar refractivity (Wildman–Crippen MR) is 119 cm³/mol. The number of allylic oxidation sites excluding steroid dienone is 4. The van der Waals surface area contributed by atoms with E-state index >= 15 is 0 Å². The summed E-state index contributed by atoms with van der Waals surface area (Å²) in [7, 11) is 0. The Morgan fingerprint density at radius 3 is 2.96 bits per heavy atom. The maximum absolute atomic E-state index is 9.42. The quantitative estimate of drug-likeness (QED) is 0.537. The van der Waals surface area contributed by atoms with Gasteiger partial charge in [0.15, 0.2) is 0 Å². The van der Waals surface area contributed by atoms with Crippen LogP contribution in [0.5, 0.6) is 0 Å². The van der Waals surface area contributed by atoms with Gasteiger partial charge in [-0.05, 0) is 69.0 Å². The summed E-state index contributed by atoms with van der Waals surface area (Å²) in [6, 6.07) is 8.82. The van der Waals surface area contributed by atoms with Gasteiger partial charge in [-0.25, -0.2) is 0 Å². The summed E-state index contributed by atoms with van der Waals surface area (Å²) in [5, 5.41) is 9.42. The van der Waals surface area contributed by atoms with E-state index < -0.39 is 0 Å². The summed E-state index contributed by atoms with van der Waals surface area (Å²) < 4.78 is 5.79. The van der Waals surface area contributed by atoms with Gasteiger partial charge in [-0.1, -0.05) is 35.9 Å². The van der Waals surface area contributed by atoms with Crippen molar-refractivity contribution in [3.05, 3.63) is 76.2 Å². The Kier molecular flexibility index (Phi) is 6.95. The van der Waals surface area contributed by atoms with Gasteiger partial charge in [0.25, 0.3) is 0 Å². The van der Waals surface area contributed by atoms with Gasteiger partial charge >= 0.3 is 0 Å². The van der Waals surface area contributed by atoms with E-state index in [9.17, 15) is 5.26 Å². The Labute approximate surface area is 172 Å². The number of aliphatic imine (C=N–C) groups is 1. The minimum Gasteiger partial charge on any atom is -0.490 e. The van der Waals surface area contributed by atoms with Crippen LogP contribution in [0.3, 0.4) is 0 Å². The first-order valence-corrected chi connectivity index (χ1v) is 10.7. The molecule has 28 heavy (non-hydrogen) atoms. The molecule has 0 saturated carbocycles. The topological polar surface area (TPSA) is 45.4 Å². The van der Waals surface area contributed by atoms with E-state index in [0.29, 0.717) is 11.3 Å². The average Bonchev–Trinajstić information content (AvgIpc) is 3.08. The number of benzene rings is 1. The molecule has 1 aromatic carbocycles. The fourth-order valence-corrected chi connectivity index (χ4v) is 4.59. The molecule has 0 radical (unpaired) electrons. The molecule has 2 aliphatic rings. The van der Waals surface area contributed by atoms with E-state index in [1.54, 1.807) is 11.8 Å². The highest BCUT2D eigenvalue weighted by Gasteiger charge is 2.18. The zero-order valence-electron chi connectivity index (χ0n) is 16.6. The number of hydrogen-bond donors (Lipinski definition) is 0. The van der Waals surface area contributed by atoms with Gasteiger partial charge in [0.2, 0.25) is 0 Å². The molecule has 0 atom stereocenters. The molecule has 0 amide bonds. The third-order valence-electron chi connectivity index (χ3n) is 4.82. The summed E-state index contributed by atoms with van der Waals surface area (Å²) in [6.07, 6.45) is 12.2. The number of aryl methyl sites for hydroxylation is 1. The SMILES string of the molecule is C=N/C=C(\SCC1=CC=C(OC(C)C)C(C#N)=CC1)c1cccc2c1CCC2. The normalized spacial score (nSPS) is 16.5. The molecule has 0 N–H and O–H groups in total. The zero-order valence-corrected chi connectivity index (χ0v) is 17.4. The van der Waals surface area contributed by atoms with E-state index in [2.05, 4.69) is 42.1 Å². The van der Waals surface area contributed by atoms with Gasteiger partial charge in [-0.15, -0.1) is 11.8 Å². The van der Waals surface area contributed by atoms with Crippen molar-refractivity contribution in [1.82, 2.24) is 0 Å². The van der Waals surface area contributed by atoms with Crippen LogP contribution >= 0.6 is 11.8 Å². The second kappa shape index (κ2) is 9.61. The lowest BCUT2D eigenvalue weighted by molar-refractivity contribution is 0.155. The van der Waals surface area contributed by atoms with Crippen molar-refractivity contribution >= 4 is 23.4 Å². The molecule has 4 heteroatoms. The van der Waals surface area contributed by atoms with Crippen LogP contribution in [0, 0.1) is 11.3 Å². The van der Waals surface area contributed by atoms with Crippen molar-refractivity contribution in [3.63, 3.8) is 0 Å². The van der Waals surface area contributed by atoms with Crippen molar-refractivity contribution in [2.45, 2.75) is 45.6 Å². The lowest BCUT2D eigenvalue weighted by Gasteiger charge is -2.12. The van der Waals surface area contributed by atoms with Crippen LogP contribution in [0.15, 0.2) is 64.5 Å². The standard InChI is InChI=1S/C24H26N2OS/c1-17(2)27-23-13-11-18(10-12-20(23)14-25)16-28-24(15-26-3)22-9-5-7-19-6-4-8-21(19)22/h5,7,9,11-13,15,17H,3-4,6,8,10,16H2,1-2H3/b24-15-. The van der Waals surface area contributed by atoms with Crippen molar-refractivity contribution in [2.24, 2.45) is 4.99 Å². The molecule has 0 bridgehead atoms. The van der Waals surface area contributed by atoms with E-state index in [4.69, 9.17) is 4.74 Å². The Morgan fingerprint density at radius 1 is 1.36 bits per heavy atom. The van der Waals surface area contributed by atoms with Gasteiger partial charge in [-0.3, -0.25) is 4.99 Å². The first kappa shape index (κ1) is 20.2. The van der Waals surface area contributed by atoms with E-state index in [0.717, 1.165) is 23.5 Å². The Hall–Kier alpha value is -2.51. The molecule has 3 rings (SSSR count). The summed E-state index contributed by atoms with van der Waals surface area (Å²) in [5.41, 5.74) is 6.06. The number of hydrogen-bond acceptors (Lipinski definition) is 4. The Morgan fingerprint density at radius 2 is 2.21 bits per heavy atom. The summed E-state index contributed by atoms with van der Waals surface area (Å²) in [6.45, 7) is 7.60. The number of nitriles is 1. The molecule has 2 aliphatic carbocycles. The third-order valence-corrected chi connectivity index (χ3v) is 5.97. The lowest BCUT2D eigenvalue weighted by atomic mass is 10.0. The van der Waals surface area contributed by atoms with Gasteiger partial charge in [0, 0.05) is 16.9 Å². The molecule has 3 nitrogen and oxygen atoms in total. The monoisotopic (exact) mass is 390 g/mol. The molecule has 0 fully saturated rings. The largest absolute Gasteiger partial charge is 0.490 e. The van der Waals surface area contributed by atoms with Gasteiger partial charge < -0.3 is 4.74 Å². The smallest absolute Gasteiger partial charge is 0.137 e. The van der Waals surface area contributed by atoms with Crippen LogP contribution in [0.4, 0.5) is 0 Å². The molecule has 0 aliphatic heterocycles. The maximum Gasteiger partial charge on any atom is 0.137 e. The number of nitrogens with zero attached hydrogens (tertiary/aromatic N) is 2. The van der Waals surface area contributed by atoms with Crippen molar-refractivity contribution in [1.29, 1.82) is 5.26 Å². The van der Waals surface area contributed by atoms with Crippen molar-refractivity contribution in [3.8, 4) is 6.07 Å². The highest BCUT2D eigenvalue weighted by molar-refractivity contribution is 8.08. The third kappa shape index (κ3) is 4.85. The van der Waals surface area contributed by atoms with Crippen molar-refractivity contribution < 1.29 is 4.74 Å². The molecule has 0 saturated heterocycles. The van der Waals surface area contributed by atoms with Gasteiger partial charge in [-0.2, -0.15) is 5.26 Å². The zero-order chi connectivity index (χ0) is 19.9. The van der Waals surface area contributed by atoms with E-state index in [1.165, 1.54) is 35.1 Å². The predicted octanol–water partition coefficient (Wildman–Crippen LogP) is 6.00. The van der Waals surface area contributed by atoms with Crippen LogP contribution in [-0.4, -0.2) is 18.6 Å². The van der Waals surface area contributed by atoms with Crippen LogP contribution in [-0.2, 0) is 17.6 Å². The Bertz CT molecular complexity index is 913. The first-order chi connectivity index (χ1) is 13.6. The van der Waals surface area contributed by atoms with E-state index in [-0.39, 0.29) is 6.10 Å². The molecule has 1 aromatic rings. The van der Waals surface area contributed by atoms with Gasteiger partial charge in [0.1, 0.15) is 11.8 Å². The number of rotatable bonds is 7. The van der Waals surface area contributed by atoms with Crippen LogP contribution in [0.25, 0.3) is 4.91 Å². The minimum atomic E-state index is 0.0423. The van der Waals surface area contributed by atoms with E-state index in [1.807, 2.05) is 32.2 Å². The second-order valence-electron chi connectivity index (χ2n) is 7.22. The number of ether oxygens (including phenoxy) is 1. The molecule has 0 unspecified atom stereocenters. The number of thioether (sulfide) groups is 1. The molecular formula is C24H26N2OS. The van der Waals surface area contributed by atoms with Crippen LogP contribution < -0.4 is 0 Å². The molecule has 144 valence electrons. The van der Waals surface area contributed by atoms with Crippen LogP contribution in [0.1, 0.15) is 43.4 Å². The minimum absolute atomic E-state index is 0.0423.